The molecule has 0 fully saturated rings. The van der Waals surface area contributed by atoms with Crippen LogP contribution in [-0.2, 0) is 16.7 Å². The van der Waals surface area contributed by atoms with Crippen LogP contribution in [0.3, 0.4) is 0 Å². The number of phenolic OH excluding ortho intramolecular Hbond substituents is 1. The van der Waals surface area contributed by atoms with E-state index >= 15 is 0 Å². The molecule has 0 aliphatic heterocycles. The molecule has 0 unspecified atom stereocenters. The normalized spacial score (nSPS) is 11.7. The Morgan fingerprint density at radius 1 is 0.700 bits per heavy atom. The summed E-state index contributed by atoms with van der Waals surface area (Å²) in [5.41, 5.74) is 1.80. The van der Waals surface area contributed by atoms with Gasteiger partial charge in [0.2, 0.25) is 0 Å². The van der Waals surface area contributed by atoms with E-state index in [0.717, 1.165) is 17.1 Å². The number of nitrogens with zero attached hydrogens (tertiary/aromatic N) is 1. The van der Waals surface area contributed by atoms with E-state index in [-0.39, 0.29) is 10.6 Å². The Kier molecular flexibility index (Phi) is 18.9. The summed E-state index contributed by atoms with van der Waals surface area (Å²) in [5.74, 6) is -0.227. The Hall–Kier alpha value is -1.89. The second-order valence-electron chi connectivity index (χ2n) is 12.0. The molecule has 0 aliphatic carbocycles. The summed E-state index contributed by atoms with van der Waals surface area (Å²) >= 11 is 0. The van der Waals surface area contributed by atoms with Gasteiger partial charge in [0, 0.05) is 5.56 Å². The standard InChI is InChI=1S/C27H50N.C7H8O4S/c1-4-5-6-7-8-9-10-11-12-13-14-15-16-17-18-22-25-28(2,3)26-27-23-20-19-21-24-27;1-5-2-3-6(8)4-7(5)12(9,10)11/h19-21,23-24H,4-18,22,25-26H2,1-3H3;2-4,8H,1H3,(H,9,10,11)/q+1;/p-1. The van der Waals surface area contributed by atoms with Crippen LogP contribution in [0.25, 0.3) is 0 Å². The number of hydrogen-bond donors (Lipinski definition) is 1. The molecule has 0 spiro atoms. The van der Waals surface area contributed by atoms with E-state index < -0.39 is 10.1 Å². The van der Waals surface area contributed by atoms with Crippen molar-refractivity contribution in [3.63, 3.8) is 0 Å². The monoisotopic (exact) mass is 575 g/mol. The zero-order valence-corrected chi connectivity index (χ0v) is 26.7. The highest BCUT2D eigenvalue weighted by atomic mass is 32.2. The SMILES string of the molecule is CCCCCCCCCCCCCCCCCC[N+](C)(C)Cc1ccccc1.Cc1ccc(O)cc1S(=O)(=O)[O-]. The maximum Gasteiger partial charge on any atom is 0.124 e. The van der Waals surface area contributed by atoms with Gasteiger partial charge in [0.25, 0.3) is 0 Å². The minimum Gasteiger partial charge on any atom is -0.744 e. The molecule has 6 heteroatoms. The van der Waals surface area contributed by atoms with Crippen LogP contribution >= 0.6 is 0 Å². The van der Waals surface area contributed by atoms with Crippen LogP contribution in [0.15, 0.2) is 53.4 Å². The van der Waals surface area contributed by atoms with Gasteiger partial charge < -0.3 is 14.1 Å². The van der Waals surface area contributed by atoms with E-state index in [2.05, 4.69) is 51.4 Å². The van der Waals surface area contributed by atoms with Crippen molar-refractivity contribution < 1.29 is 22.6 Å². The number of benzene rings is 2. The predicted molar refractivity (Wildman–Crippen MR) is 167 cm³/mol. The number of unbranched alkanes of at least 4 members (excludes halogenated alkanes) is 15. The number of hydrogen-bond acceptors (Lipinski definition) is 4. The maximum absolute atomic E-state index is 10.5. The number of rotatable bonds is 20. The molecule has 0 saturated heterocycles. The van der Waals surface area contributed by atoms with Crippen molar-refractivity contribution >= 4 is 10.1 Å². The maximum atomic E-state index is 10.5. The van der Waals surface area contributed by atoms with Crippen LogP contribution in [0, 0.1) is 6.92 Å². The predicted octanol–water partition coefficient (Wildman–Crippen LogP) is 9.13. The molecule has 228 valence electrons. The molecule has 5 nitrogen and oxygen atoms in total. The Bertz CT molecular complexity index is 1010. The Balaban J connectivity index is 0.000000552. The first-order chi connectivity index (χ1) is 19.0. The number of phenols is 1. The fourth-order valence-electron chi connectivity index (χ4n) is 5.10. The van der Waals surface area contributed by atoms with E-state index in [4.69, 9.17) is 5.11 Å². The summed E-state index contributed by atoms with van der Waals surface area (Å²) in [6.45, 7) is 6.24. The second kappa shape index (κ2) is 20.9. The average Bonchev–Trinajstić information content (AvgIpc) is 2.90. The largest absolute Gasteiger partial charge is 0.744 e. The van der Waals surface area contributed by atoms with E-state index in [9.17, 15) is 13.0 Å². The van der Waals surface area contributed by atoms with E-state index in [1.54, 1.807) is 0 Å². The van der Waals surface area contributed by atoms with Gasteiger partial charge in [0.1, 0.15) is 22.4 Å². The van der Waals surface area contributed by atoms with Gasteiger partial charge in [-0.05, 0) is 37.5 Å². The lowest BCUT2D eigenvalue weighted by Gasteiger charge is -2.30. The van der Waals surface area contributed by atoms with E-state index in [0.29, 0.717) is 5.56 Å². The van der Waals surface area contributed by atoms with Crippen molar-refractivity contribution in [2.45, 2.75) is 128 Å². The van der Waals surface area contributed by atoms with Crippen LogP contribution in [0.4, 0.5) is 0 Å². The van der Waals surface area contributed by atoms with Gasteiger partial charge in [-0.25, -0.2) is 8.42 Å². The molecular weight excluding hydrogens is 518 g/mol. The lowest BCUT2D eigenvalue weighted by molar-refractivity contribution is -0.903. The molecular formula is C34H57NO4S. The van der Waals surface area contributed by atoms with Crippen molar-refractivity contribution in [2.24, 2.45) is 0 Å². The lowest BCUT2D eigenvalue weighted by atomic mass is 10.0. The lowest BCUT2D eigenvalue weighted by Crippen LogP contribution is -2.39. The molecule has 0 heterocycles. The summed E-state index contributed by atoms with van der Waals surface area (Å²) in [4.78, 5) is -0.373. The highest BCUT2D eigenvalue weighted by Gasteiger charge is 2.14. The fraction of sp³-hybridized carbons (Fsp3) is 0.647. The Morgan fingerprint density at radius 3 is 1.57 bits per heavy atom. The van der Waals surface area contributed by atoms with Crippen molar-refractivity contribution in [2.75, 3.05) is 20.6 Å². The van der Waals surface area contributed by atoms with Gasteiger partial charge in [-0.1, -0.05) is 133 Å². The third-order valence-corrected chi connectivity index (χ3v) is 8.49. The average molecular weight is 576 g/mol. The van der Waals surface area contributed by atoms with Gasteiger partial charge in [-0.15, -0.1) is 0 Å². The number of quaternary nitrogens is 1. The van der Waals surface area contributed by atoms with Gasteiger partial charge in [-0.2, -0.15) is 0 Å². The van der Waals surface area contributed by atoms with Gasteiger partial charge in [-0.3, -0.25) is 0 Å². The minimum atomic E-state index is -4.47. The third-order valence-electron chi connectivity index (χ3n) is 7.51. The minimum absolute atomic E-state index is 0.227. The molecule has 2 aromatic rings. The molecule has 2 rings (SSSR count). The molecule has 1 N–H and O–H groups in total. The molecule has 2 aromatic carbocycles. The molecule has 0 saturated carbocycles. The first-order valence-electron chi connectivity index (χ1n) is 15.7. The molecule has 40 heavy (non-hydrogen) atoms. The van der Waals surface area contributed by atoms with E-state index in [1.165, 1.54) is 134 Å². The van der Waals surface area contributed by atoms with Crippen molar-refractivity contribution in [1.29, 1.82) is 0 Å². The molecule has 0 bridgehead atoms. The summed E-state index contributed by atoms with van der Waals surface area (Å²) in [5, 5.41) is 8.90. The fourth-order valence-corrected chi connectivity index (χ4v) is 5.83. The van der Waals surface area contributed by atoms with Crippen LogP contribution < -0.4 is 0 Å². The van der Waals surface area contributed by atoms with Crippen LogP contribution in [-0.4, -0.2) is 43.2 Å². The number of aromatic hydroxyl groups is 1. The van der Waals surface area contributed by atoms with Crippen molar-refractivity contribution in [3.05, 3.63) is 59.7 Å². The topological polar surface area (TPSA) is 77.4 Å². The molecule has 0 aromatic heterocycles. The molecule has 0 amide bonds. The smallest absolute Gasteiger partial charge is 0.124 e. The summed E-state index contributed by atoms with van der Waals surface area (Å²) in [7, 11) is 0.280. The van der Waals surface area contributed by atoms with E-state index in [1.807, 2.05) is 0 Å². The van der Waals surface area contributed by atoms with Crippen LogP contribution in [0.2, 0.25) is 0 Å². The van der Waals surface area contributed by atoms with Gasteiger partial charge >= 0.3 is 0 Å². The van der Waals surface area contributed by atoms with Crippen molar-refractivity contribution in [1.82, 2.24) is 0 Å². The Morgan fingerprint density at radius 2 is 1.15 bits per heavy atom. The highest BCUT2D eigenvalue weighted by molar-refractivity contribution is 7.85. The first kappa shape index (κ1) is 36.1. The molecule has 0 atom stereocenters. The highest BCUT2D eigenvalue weighted by Crippen LogP contribution is 2.20. The molecule has 0 radical (unpaired) electrons. The third kappa shape index (κ3) is 18.5. The van der Waals surface area contributed by atoms with Crippen LogP contribution in [0.5, 0.6) is 5.75 Å². The molecule has 0 aliphatic rings. The summed E-state index contributed by atoms with van der Waals surface area (Å²) in [6.07, 6.45) is 23.2. The summed E-state index contributed by atoms with van der Waals surface area (Å²) in [6, 6.07) is 14.6. The van der Waals surface area contributed by atoms with Gasteiger partial charge in [0.05, 0.1) is 25.5 Å². The Labute approximate surface area is 246 Å². The first-order valence-corrected chi connectivity index (χ1v) is 17.1. The summed E-state index contributed by atoms with van der Waals surface area (Å²) < 4.78 is 32.7. The second-order valence-corrected chi connectivity index (χ2v) is 13.4. The quantitative estimate of drug-likeness (QED) is 0.0970. The van der Waals surface area contributed by atoms with Crippen LogP contribution in [0.1, 0.15) is 121 Å². The zero-order valence-electron chi connectivity index (χ0n) is 25.9. The zero-order chi connectivity index (χ0) is 29.7. The van der Waals surface area contributed by atoms with Gasteiger partial charge in [0.15, 0.2) is 0 Å². The van der Waals surface area contributed by atoms with Crippen molar-refractivity contribution in [3.8, 4) is 5.75 Å². The number of aryl methyl sites for hydroxylation is 1.